The standard InChI is InChI=1S/C25H21BrN4O4/c26-17-6-4-5-16(13-17)25-28-21-14-18(7-10-23(21)34-25)27-24(31)20-15-19(30(32)33)8-9-22(20)29-11-2-1-3-12-29/h4-10,13-15H,1-3,11-12H2,(H,27,31). The van der Waals surface area contributed by atoms with Crippen molar-refractivity contribution in [3.8, 4) is 11.5 Å². The Labute approximate surface area is 203 Å². The SMILES string of the molecule is O=C(Nc1ccc2oc(-c3cccc(Br)c3)nc2c1)c1cc([N+](=O)[O-])ccc1N1CCCCC1. The predicted octanol–water partition coefficient (Wildman–Crippen LogP) is 6.41. The monoisotopic (exact) mass is 520 g/mol. The van der Waals surface area contributed by atoms with Gasteiger partial charge in [-0.2, -0.15) is 0 Å². The molecule has 4 aromatic rings. The highest BCUT2D eigenvalue weighted by atomic mass is 79.9. The highest BCUT2D eigenvalue weighted by Crippen LogP contribution is 2.31. The third-order valence-electron chi connectivity index (χ3n) is 5.85. The fourth-order valence-corrected chi connectivity index (χ4v) is 4.58. The molecule has 3 aromatic carbocycles. The summed E-state index contributed by atoms with van der Waals surface area (Å²) in [5.74, 6) is 0.0742. The van der Waals surface area contributed by atoms with Crippen molar-refractivity contribution in [2.24, 2.45) is 0 Å². The molecule has 2 heterocycles. The normalized spacial score (nSPS) is 13.7. The smallest absolute Gasteiger partial charge is 0.270 e. The van der Waals surface area contributed by atoms with Crippen LogP contribution in [0.15, 0.2) is 69.6 Å². The van der Waals surface area contributed by atoms with Gasteiger partial charge in [0.25, 0.3) is 11.6 Å². The highest BCUT2D eigenvalue weighted by molar-refractivity contribution is 9.10. The molecule has 0 spiro atoms. The summed E-state index contributed by atoms with van der Waals surface area (Å²) in [5.41, 5.74) is 3.44. The topological polar surface area (TPSA) is 102 Å². The van der Waals surface area contributed by atoms with Gasteiger partial charge in [0.15, 0.2) is 5.58 Å². The minimum Gasteiger partial charge on any atom is -0.436 e. The number of halogens is 1. The molecule has 1 aromatic heterocycles. The summed E-state index contributed by atoms with van der Waals surface area (Å²) in [5, 5.41) is 14.2. The van der Waals surface area contributed by atoms with Gasteiger partial charge in [0, 0.05) is 40.9 Å². The molecule has 1 aliphatic rings. The van der Waals surface area contributed by atoms with Crippen molar-refractivity contribution < 1.29 is 14.1 Å². The van der Waals surface area contributed by atoms with E-state index in [1.807, 2.05) is 24.3 Å². The third kappa shape index (κ3) is 4.51. The third-order valence-corrected chi connectivity index (χ3v) is 6.34. The van der Waals surface area contributed by atoms with Crippen LogP contribution in [0.3, 0.4) is 0 Å². The lowest BCUT2D eigenvalue weighted by molar-refractivity contribution is -0.384. The maximum absolute atomic E-state index is 13.2. The Bertz CT molecular complexity index is 1390. The van der Waals surface area contributed by atoms with Gasteiger partial charge >= 0.3 is 0 Å². The zero-order valence-corrected chi connectivity index (χ0v) is 19.7. The van der Waals surface area contributed by atoms with Gasteiger partial charge in [-0.1, -0.05) is 22.0 Å². The van der Waals surface area contributed by atoms with E-state index in [-0.39, 0.29) is 11.3 Å². The number of piperidine rings is 1. The largest absolute Gasteiger partial charge is 0.436 e. The van der Waals surface area contributed by atoms with E-state index in [0.29, 0.717) is 28.4 Å². The number of nitrogens with one attached hydrogen (secondary N) is 1. The number of carbonyl (C=O) groups excluding carboxylic acids is 1. The van der Waals surface area contributed by atoms with Gasteiger partial charge in [0.2, 0.25) is 5.89 Å². The first-order chi connectivity index (χ1) is 16.5. The van der Waals surface area contributed by atoms with Crippen LogP contribution in [0.1, 0.15) is 29.6 Å². The number of carbonyl (C=O) groups is 1. The van der Waals surface area contributed by atoms with Gasteiger partial charge < -0.3 is 14.6 Å². The summed E-state index contributed by atoms with van der Waals surface area (Å²) in [4.78, 5) is 30.8. The Kier molecular flexibility index (Phi) is 6.02. The van der Waals surface area contributed by atoms with Gasteiger partial charge in [0.1, 0.15) is 5.52 Å². The van der Waals surface area contributed by atoms with E-state index in [4.69, 9.17) is 4.42 Å². The number of aromatic nitrogens is 1. The Hall–Kier alpha value is -3.72. The van der Waals surface area contributed by atoms with Crippen LogP contribution in [-0.2, 0) is 0 Å². The molecule has 8 nitrogen and oxygen atoms in total. The molecule has 0 aliphatic carbocycles. The molecule has 0 atom stereocenters. The van der Waals surface area contributed by atoms with Gasteiger partial charge in [-0.25, -0.2) is 4.98 Å². The Morgan fingerprint density at radius 3 is 2.65 bits per heavy atom. The van der Waals surface area contributed by atoms with E-state index in [0.717, 1.165) is 42.4 Å². The zero-order valence-electron chi connectivity index (χ0n) is 18.2. The number of non-ortho nitro benzene ring substituents is 1. The van der Waals surface area contributed by atoms with Gasteiger partial charge in [-0.15, -0.1) is 0 Å². The molecule has 5 rings (SSSR count). The number of hydrogen-bond acceptors (Lipinski definition) is 6. The summed E-state index contributed by atoms with van der Waals surface area (Å²) < 4.78 is 6.79. The van der Waals surface area contributed by atoms with Crippen LogP contribution in [-0.4, -0.2) is 28.9 Å². The second-order valence-electron chi connectivity index (χ2n) is 8.17. The molecular formula is C25H21BrN4O4. The molecular weight excluding hydrogens is 500 g/mol. The van der Waals surface area contributed by atoms with Crippen LogP contribution in [0, 0.1) is 10.1 Å². The van der Waals surface area contributed by atoms with Crippen LogP contribution < -0.4 is 10.2 Å². The Morgan fingerprint density at radius 1 is 1.06 bits per heavy atom. The molecule has 0 saturated carbocycles. The van der Waals surface area contributed by atoms with Gasteiger partial charge in [0.05, 0.1) is 16.2 Å². The lowest BCUT2D eigenvalue weighted by atomic mass is 10.1. The molecule has 0 radical (unpaired) electrons. The van der Waals surface area contributed by atoms with E-state index in [9.17, 15) is 14.9 Å². The van der Waals surface area contributed by atoms with Crippen molar-refractivity contribution >= 4 is 50.0 Å². The predicted molar refractivity (Wildman–Crippen MR) is 134 cm³/mol. The number of nitro benzene ring substituents is 1. The number of hydrogen-bond donors (Lipinski definition) is 1. The average molecular weight is 521 g/mol. The summed E-state index contributed by atoms with van der Waals surface area (Å²) in [6.45, 7) is 1.64. The number of oxazole rings is 1. The first-order valence-corrected chi connectivity index (χ1v) is 11.8. The first-order valence-electron chi connectivity index (χ1n) is 11.0. The minimum absolute atomic E-state index is 0.114. The number of fused-ring (bicyclic) bond motifs is 1. The van der Waals surface area contributed by atoms with Crippen LogP contribution in [0.4, 0.5) is 17.1 Å². The quantitative estimate of drug-likeness (QED) is 0.241. The lowest BCUT2D eigenvalue weighted by Crippen LogP contribution is -2.31. The number of benzene rings is 3. The molecule has 1 N–H and O–H groups in total. The van der Waals surface area contributed by atoms with Gasteiger partial charge in [-0.3, -0.25) is 14.9 Å². The molecule has 0 unspecified atom stereocenters. The van der Waals surface area contributed by atoms with Gasteiger partial charge in [-0.05, 0) is 61.7 Å². The second kappa shape index (κ2) is 9.26. The van der Waals surface area contributed by atoms with Crippen molar-refractivity contribution in [1.82, 2.24) is 4.98 Å². The zero-order chi connectivity index (χ0) is 23.7. The number of nitrogens with zero attached hydrogens (tertiary/aromatic N) is 3. The van der Waals surface area contributed by atoms with E-state index in [1.54, 1.807) is 24.3 Å². The average Bonchev–Trinajstić information content (AvgIpc) is 3.28. The van der Waals surface area contributed by atoms with Crippen molar-refractivity contribution in [1.29, 1.82) is 0 Å². The maximum atomic E-state index is 13.2. The van der Waals surface area contributed by atoms with Crippen molar-refractivity contribution in [2.75, 3.05) is 23.3 Å². The van der Waals surface area contributed by atoms with Crippen LogP contribution >= 0.6 is 15.9 Å². The van der Waals surface area contributed by atoms with Crippen molar-refractivity contribution in [3.63, 3.8) is 0 Å². The second-order valence-corrected chi connectivity index (χ2v) is 9.09. The van der Waals surface area contributed by atoms with Crippen molar-refractivity contribution in [3.05, 3.63) is 80.8 Å². The van der Waals surface area contributed by atoms with E-state index in [2.05, 4.69) is 31.1 Å². The molecule has 172 valence electrons. The number of nitro groups is 1. The van der Waals surface area contributed by atoms with Crippen LogP contribution in [0.2, 0.25) is 0 Å². The molecule has 1 saturated heterocycles. The summed E-state index contributed by atoms with van der Waals surface area (Å²) in [6, 6.07) is 17.3. The molecule has 1 amide bonds. The minimum atomic E-state index is -0.484. The number of rotatable bonds is 5. The van der Waals surface area contributed by atoms with Crippen LogP contribution in [0.5, 0.6) is 0 Å². The molecule has 0 bridgehead atoms. The summed E-state index contributed by atoms with van der Waals surface area (Å²) in [6.07, 6.45) is 3.20. The summed E-state index contributed by atoms with van der Waals surface area (Å²) >= 11 is 3.45. The summed E-state index contributed by atoms with van der Waals surface area (Å²) in [7, 11) is 0. The molecule has 1 aliphatic heterocycles. The van der Waals surface area contributed by atoms with E-state index < -0.39 is 10.8 Å². The molecule has 9 heteroatoms. The highest BCUT2D eigenvalue weighted by Gasteiger charge is 2.22. The molecule has 34 heavy (non-hydrogen) atoms. The maximum Gasteiger partial charge on any atom is 0.270 e. The number of amides is 1. The molecule has 1 fully saturated rings. The fourth-order valence-electron chi connectivity index (χ4n) is 4.18. The van der Waals surface area contributed by atoms with E-state index >= 15 is 0 Å². The number of anilines is 2. The Balaban J connectivity index is 1.44. The van der Waals surface area contributed by atoms with E-state index in [1.165, 1.54) is 12.1 Å². The first kappa shape index (κ1) is 22.1. The lowest BCUT2D eigenvalue weighted by Gasteiger charge is -2.30. The fraction of sp³-hybridized carbons (Fsp3) is 0.200. The Morgan fingerprint density at radius 2 is 1.88 bits per heavy atom. The van der Waals surface area contributed by atoms with Crippen LogP contribution in [0.25, 0.3) is 22.6 Å². The van der Waals surface area contributed by atoms with Crippen molar-refractivity contribution in [2.45, 2.75) is 19.3 Å².